The van der Waals surface area contributed by atoms with E-state index in [2.05, 4.69) is 15.5 Å². The van der Waals surface area contributed by atoms with Crippen LogP contribution in [-0.2, 0) is 17.8 Å². The SMILES string of the molecule is Cc1cccc(-n2c(CNC(=O)c3c(F)cccc3Cl)nnc2SCC(=O)N2CCc3ccccc32)c1. The fourth-order valence-corrected chi connectivity index (χ4v) is 5.39. The summed E-state index contributed by atoms with van der Waals surface area (Å²) in [6, 6.07) is 19.7. The van der Waals surface area contributed by atoms with E-state index in [-0.39, 0.29) is 28.8 Å². The van der Waals surface area contributed by atoms with Crippen LogP contribution in [0.1, 0.15) is 27.3 Å². The van der Waals surface area contributed by atoms with E-state index in [0.717, 1.165) is 28.9 Å². The number of hydrogen-bond donors (Lipinski definition) is 1. The summed E-state index contributed by atoms with van der Waals surface area (Å²) in [5.41, 5.74) is 3.71. The number of aryl methyl sites for hydroxylation is 1. The number of anilines is 1. The summed E-state index contributed by atoms with van der Waals surface area (Å²) in [5, 5.41) is 11.8. The van der Waals surface area contributed by atoms with Crippen LogP contribution in [0.25, 0.3) is 5.69 Å². The van der Waals surface area contributed by atoms with Gasteiger partial charge in [-0.1, -0.05) is 59.8 Å². The van der Waals surface area contributed by atoms with Crippen LogP contribution in [0.5, 0.6) is 0 Å². The molecule has 37 heavy (non-hydrogen) atoms. The fourth-order valence-electron chi connectivity index (χ4n) is 4.30. The van der Waals surface area contributed by atoms with Gasteiger partial charge in [-0.25, -0.2) is 4.39 Å². The number of nitrogens with zero attached hydrogens (tertiary/aromatic N) is 4. The third-order valence-electron chi connectivity index (χ3n) is 6.07. The van der Waals surface area contributed by atoms with Crippen molar-refractivity contribution in [2.45, 2.75) is 25.0 Å². The largest absolute Gasteiger partial charge is 0.345 e. The Hall–Kier alpha value is -3.69. The minimum Gasteiger partial charge on any atom is -0.345 e. The van der Waals surface area contributed by atoms with Crippen molar-refractivity contribution in [2.24, 2.45) is 0 Å². The summed E-state index contributed by atoms with van der Waals surface area (Å²) < 4.78 is 16.0. The molecule has 0 saturated heterocycles. The quantitative estimate of drug-likeness (QED) is 0.338. The van der Waals surface area contributed by atoms with E-state index in [9.17, 15) is 14.0 Å². The lowest BCUT2D eigenvalue weighted by atomic mass is 10.2. The molecule has 5 rings (SSSR count). The Bertz CT molecular complexity index is 1470. The molecule has 0 unspecified atom stereocenters. The molecule has 3 aromatic carbocycles. The summed E-state index contributed by atoms with van der Waals surface area (Å²) in [6.07, 6.45) is 0.835. The molecule has 0 radical (unpaired) electrons. The highest BCUT2D eigenvalue weighted by Gasteiger charge is 2.25. The average Bonchev–Trinajstić information content (AvgIpc) is 3.50. The zero-order valence-electron chi connectivity index (χ0n) is 19.9. The Balaban J connectivity index is 1.36. The molecule has 4 aromatic rings. The lowest BCUT2D eigenvalue weighted by Crippen LogP contribution is -2.30. The van der Waals surface area contributed by atoms with Crippen LogP contribution in [0, 0.1) is 12.7 Å². The van der Waals surface area contributed by atoms with Crippen molar-refractivity contribution >= 4 is 40.9 Å². The van der Waals surface area contributed by atoms with Crippen molar-refractivity contribution in [3.8, 4) is 5.69 Å². The first-order valence-electron chi connectivity index (χ1n) is 11.7. The van der Waals surface area contributed by atoms with E-state index in [4.69, 9.17) is 11.6 Å². The Morgan fingerprint density at radius 1 is 1.08 bits per heavy atom. The molecule has 0 spiro atoms. The molecule has 0 fully saturated rings. The zero-order chi connectivity index (χ0) is 25.9. The third kappa shape index (κ3) is 5.23. The van der Waals surface area contributed by atoms with Gasteiger partial charge >= 0.3 is 0 Å². The molecule has 0 saturated carbocycles. The van der Waals surface area contributed by atoms with Gasteiger partial charge in [0.2, 0.25) is 5.91 Å². The first kappa shape index (κ1) is 25.0. The normalized spacial score (nSPS) is 12.5. The molecule has 2 heterocycles. The molecule has 1 aliphatic rings. The van der Waals surface area contributed by atoms with E-state index in [1.165, 1.54) is 30.0 Å². The van der Waals surface area contributed by atoms with Gasteiger partial charge in [0.05, 0.1) is 22.9 Å². The van der Waals surface area contributed by atoms with E-state index in [1.54, 1.807) is 9.47 Å². The van der Waals surface area contributed by atoms with E-state index < -0.39 is 11.7 Å². The molecule has 1 aromatic heterocycles. The highest BCUT2D eigenvalue weighted by Crippen LogP contribution is 2.29. The monoisotopic (exact) mass is 535 g/mol. The van der Waals surface area contributed by atoms with Crippen molar-refractivity contribution < 1.29 is 14.0 Å². The Morgan fingerprint density at radius 2 is 1.89 bits per heavy atom. The molecule has 7 nitrogen and oxygen atoms in total. The number of thioether (sulfide) groups is 1. The molecule has 2 amide bonds. The molecule has 0 atom stereocenters. The number of hydrogen-bond acceptors (Lipinski definition) is 5. The Labute approximate surface area is 222 Å². The van der Waals surface area contributed by atoms with Crippen molar-refractivity contribution in [1.82, 2.24) is 20.1 Å². The highest BCUT2D eigenvalue weighted by atomic mass is 35.5. The summed E-state index contributed by atoms with van der Waals surface area (Å²) in [6.45, 7) is 2.61. The molecule has 10 heteroatoms. The van der Waals surface area contributed by atoms with Crippen molar-refractivity contribution in [3.63, 3.8) is 0 Å². The summed E-state index contributed by atoms with van der Waals surface area (Å²) in [7, 11) is 0. The van der Waals surface area contributed by atoms with Gasteiger partial charge in [-0.2, -0.15) is 0 Å². The van der Waals surface area contributed by atoms with Crippen LogP contribution in [0.3, 0.4) is 0 Å². The Kier molecular flexibility index (Phi) is 7.25. The van der Waals surface area contributed by atoms with Gasteiger partial charge in [0.25, 0.3) is 5.91 Å². The second kappa shape index (κ2) is 10.7. The van der Waals surface area contributed by atoms with Crippen LogP contribution in [-0.4, -0.2) is 38.9 Å². The Morgan fingerprint density at radius 3 is 2.70 bits per heavy atom. The molecule has 0 bridgehead atoms. The van der Waals surface area contributed by atoms with Crippen LogP contribution in [0.15, 0.2) is 71.9 Å². The number of para-hydroxylation sites is 1. The van der Waals surface area contributed by atoms with E-state index in [1.807, 2.05) is 55.5 Å². The lowest BCUT2D eigenvalue weighted by molar-refractivity contribution is -0.116. The number of benzene rings is 3. The molecule has 0 aliphatic carbocycles. The number of fused-ring (bicyclic) bond motifs is 1. The number of rotatable bonds is 7. The third-order valence-corrected chi connectivity index (χ3v) is 7.30. The maximum absolute atomic E-state index is 14.2. The van der Waals surface area contributed by atoms with E-state index >= 15 is 0 Å². The van der Waals surface area contributed by atoms with Gasteiger partial charge in [0.1, 0.15) is 5.82 Å². The van der Waals surface area contributed by atoms with Gasteiger partial charge < -0.3 is 10.2 Å². The fraction of sp³-hybridized carbons (Fsp3) is 0.185. The number of carbonyl (C=O) groups is 2. The number of aromatic nitrogens is 3. The highest BCUT2D eigenvalue weighted by molar-refractivity contribution is 7.99. The van der Waals surface area contributed by atoms with Gasteiger partial charge in [-0.3, -0.25) is 14.2 Å². The summed E-state index contributed by atoms with van der Waals surface area (Å²) in [5.74, 6) is -0.761. The minimum atomic E-state index is -0.705. The van der Waals surface area contributed by atoms with Gasteiger partial charge in [0.15, 0.2) is 11.0 Å². The second-order valence-corrected chi connectivity index (χ2v) is 9.92. The molecule has 188 valence electrons. The van der Waals surface area contributed by atoms with Gasteiger partial charge in [-0.15, -0.1) is 10.2 Å². The topological polar surface area (TPSA) is 80.1 Å². The second-order valence-electron chi connectivity index (χ2n) is 8.57. The minimum absolute atomic E-state index is 0.0154. The molecular formula is C27H23ClFN5O2S. The van der Waals surface area contributed by atoms with Crippen molar-refractivity contribution in [1.29, 1.82) is 0 Å². The van der Waals surface area contributed by atoms with Crippen LogP contribution in [0.2, 0.25) is 5.02 Å². The van der Waals surface area contributed by atoms with Crippen LogP contribution < -0.4 is 10.2 Å². The van der Waals surface area contributed by atoms with Crippen molar-refractivity contribution in [2.75, 3.05) is 17.2 Å². The number of carbonyl (C=O) groups excluding carboxylic acids is 2. The first-order chi connectivity index (χ1) is 17.9. The maximum Gasteiger partial charge on any atom is 0.256 e. The summed E-state index contributed by atoms with van der Waals surface area (Å²) >= 11 is 7.32. The molecule has 1 N–H and O–H groups in total. The number of amides is 2. The standard InChI is InChI=1S/C27H23ClFN5O2S/c1-17-6-4-8-19(14-17)34-23(15-30-26(36)25-20(28)9-5-10-21(25)29)31-32-27(34)37-16-24(35)33-13-12-18-7-2-3-11-22(18)33/h2-11,14H,12-13,15-16H2,1H3,(H,30,36). The van der Waals surface area contributed by atoms with Gasteiger partial charge in [-0.05, 0) is 54.8 Å². The number of nitrogens with one attached hydrogen (secondary N) is 1. The lowest BCUT2D eigenvalue weighted by Gasteiger charge is -2.17. The maximum atomic E-state index is 14.2. The van der Waals surface area contributed by atoms with E-state index in [0.29, 0.717) is 17.5 Å². The first-order valence-corrected chi connectivity index (χ1v) is 13.0. The summed E-state index contributed by atoms with van der Waals surface area (Å²) in [4.78, 5) is 27.6. The van der Waals surface area contributed by atoms with Crippen molar-refractivity contribution in [3.05, 3.63) is 100 Å². The van der Waals surface area contributed by atoms with Crippen LogP contribution in [0.4, 0.5) is 10.1 Å². The average molecular weight is 536 g/mol. The zero-order valence-corrected chi connectivity index (χ0v) is 21.5. The smallest absolute Gasteiger partial charge is 0.256 e. The van der Waals surface area contributed by atoms with Gasteiger partial charge in [0, 0.05) is 17.9 Å². The predicted molar refractivity (Wildman–Crippen MR) is 142 cm³/mol. The molecule has 1 aliphatic heterocycles. The van der Waals surface area contributed by atoms with Crippen LogP contribution >= 0.6 is 23.4 Å². The number of halogens is 2. The predicted octanol–water partition coefficient (Wildman–Crippen LogP) is 4.98. The molecular weight excluding hydrogens is 513 g/mol.